The summed E-state index contributed by atoms with van der Waals surface area (Å²) in [5.41, 5.74) is 0.938. The number of ether oxygens (including phenoxy) is 1. The van der Waals surface area contributed by atoms with Crippen molar-refractivity contribution in [3.63, 3.8) is 0 Å². The van der Waals surface area contributed by atoms with Crippen molar-refractivity contribution in [2.75, 3.05) is 6.61 Å². The summed E-state index contributed by atoms with van der Waals surface area (Å²) in [6, 6.07) is 0. The van der Waals surface area contributed by atoms with Gasteiger partial charge in [0.25, 0.3) is 0 Å². The van der Waals surface area contributed by atoms with E-state index in [1.54, 1.807) is 11.3 Å². The summed E-state index contributed by atoms with van der Waals surface area (Å²) in [5.74, 6) is 0.123. The number of hydrogen-bond donors (Lipinski definition) is 1. The topological polar surface area (TPSA) is 68.7 Å². The quantitative estimate of drug-likeness (QED) is 0.328. The Hall–Kier alpha value is -1.02. The zero-order valence-electron chi connectivity index (χ0n) is 21.4. The number of aromatic nitrogens is 1. The molecule has 1 fully saturated rings. The Labute approximate surface area is 199 Å². The Morgan fingerprint density at radius 3 is 2.66 bits per heavy atom. The molecule has 2 rings (SSSR count). The van der Waals surface area contributed by atoms with Gasteiger partial charge >= 0.3 is 5.97 Å². The van der Waals surface area contributed by atoms with Gasteiger partial charge < -0.3 is 14.3 Å². The highest BCUT2D eigenvalue weighted by atomic mass is 32.1. The molecular formula is C25H43NO4SSi. The van der Waals surface area contributed by atoms with Crippen molar-refractivity contribution in [2.45, 2.75) is 104 Å². The van der Waals surface area contributed by atoms with E-state index < -0.39 is 25.9 Å². The van der Waals surface area contributed by atoms with Crippen molar-refractivity contribution in [2.24, 2.45) is 11.3 Å². The Morgan fingerprint density at radius 1 is 1.47 bits per heavy atom. The molecule has 0 bridgehead atoms. The van der Waals surface area contributed by atoms with Crippen LogP contribution < -0.4 is 0 Å². The van der Waals surface area contributed by atoms with Gasteiger partial charge in [-0.3, -0.25) is 4.79 Å². The number of aryl methyl sites for hydroxylation is 1. The monoisotopic (exact) mass is 481 g/mol. The van der Waals surface area contributed by atoms with Crippen molar-refractivity contribution in [1.82, 2.24) is 4.98 Å². The molecule has 1 aliphatic heterocycles. The summed E-state index contributed by atoms with van der Waals surface area (Å²) in [6.45, 7) is 20.0. The van der Waals surface area contributed by atoms with Gasteiger partial charge in [-0.15, -0.1) is 11.3 Å². The molecule has 4 atom stereocenters. The van der Waals surface area contributed by atoms with Crippen LogP contribution in [0, 0.1) is 18.3 Å². The third-order valence-electron chi connectivity index (χ3n) is 7.34. The lowest BCUT2D eigenvalue weighted by atomic mass is 9.74. The predicted molar refractivity (Wildman–Crippen MR) is 135 cm³/mol. The number of carbonyl (C=O) groups is 1. The second-order valence-electron chi connectivity index (χ2n) is 11.3. The molecule has 1 saturated heterocycles. The van der Waals surface area contributed by atoms with Crippen LogP contribution in [-0.4, -0.2) is 43.2 Å². The van der Waals surface area contributed by atoms with Gasteiger partial charge in [0.2, 0.25) is 0 Å². The van der Waals surface area contributed by atoms with E-state index in [0.29, 0.717) is 18.8 Å². The Morgan fingerprint density at radius 2 is 2.12 bits per heavy atom. The van der Waals surface area contributed by atoms with Crippen molar-refractivity contribution in [1.29, 1.82) is 0 Å². The maximum absolute atomic E-state index is 12.9. The smallest absolute Gasteiger partial charge is 0.315 e. The summed E-state index contributed by atoms with van der Waals surface area (Å²) in [6.07, 6.45) is 3.71. The number of hydrogen-bond acceptors (Lipinski definition) is 6. The number of carbonyl (C=O) groups excluding carboxylic acids is 1. The number of esters is 1. The standard InChI is InChI=1S/C25H43NO4SSi/c1-17(15-29-32(8,9)24(4,5)6)11-10-12-25(7)22(27)14-21(30-23(25)28)18(2)13-20-16-31-19(3)26-20/h13,16-17,21-22,27H,10-12,14-15H2,1-9H3/b18-13+/t17-,21-,22-,25-/m0/s1. The van der Waals surface area contributed by atoms with Crippen molar-refractivity contribution in [3.05, 3.63) is 21.7 Å². The normalized spacial score (nSPS) is 26.2. The van der Waals surface area contributed by atoms with E-state index in [4.69, 9.17) is 9.16 Å². The van der Waals surface area contributed by atoms with Gasteiger partial charge in [-0.05, 0) is 69.3 Å². The van der Waals surface area contributed by atoms with Gasteiger partial charge in [0.15, 0.2) is 8.32 Å². The fourth-order valence-electron chi connectivity index (χ4n) is 3.70. The van der Waals surface area contributed by atoms with Crippen LogP contribution in [0.25, 0.3) is 6.08 Å². The molecule has 182 valence electrons. The van der Waals surface area contributed by atoms with Crippen molar-refractivity contribution < 1.29 is 19.1 Å². The molecule has 1 N–H and O–H groups in total. The molecule has 0 spiro atoms. The minimum atomic E-state index is -1.74. The highest BCUT2D eigenvalue weighted by Gasteiger charge is 2.47. The summed E-state index contributed by atoms with van der Waals surface area (Å²) < 4.78 is 12.1. The second kappa shape index (κ2) is 10.5. The molecule has 0 radical (unpaired) electrons. The van der Waals surface area contributed by atoms with Crippen LogP contribution in [0.1, 0.15) is 77.9 Å². The molecule has 1 aliphatic rings. The number of rotatable bonds is 9. The van der Waals surface area contributed by atoms with Crippen LogP contribution in [-0.2, 0) is 14.0 Å². The lowest BCUT2D eigenvalue weighted by Crippen LogP contribution is -2.49. The summed E-state index contributed by atoms with van der Waals surface area (Å²) in [5, 5.41) is 14.1. The molecule has 0 saturated carbocycles. The number of aliphatic hydroxyl groups excluding tert-OH is 1. The first-order chi connectivity index (χ1) is 14.7. The molecule has 1 aromatic heterocycles. The molecular weight excluding hydrogens is 438 g/mol. The molecule has 32 heavy (non-hydrogen) atoms. The number of thiazole rings is 1. The third-order valence-corrected chi connectivity index (χ3v) is 12.6. The molecule has 0 amide bonds. The van der Waals surface area contributed by atoms with Crippen LogP contribution in [0.3, 0.4) is 0 Å². The van der Waals surface area contributed by atoms with Crippen molar-refractivity contribution in [3.8, 4) is 0 Å². The molecule has 0 aliphatic carbocycles. The number of nitrogens with zero attached hydrogens (tertiary/aromatic N) is 1. The molecule has 2 heterocycles. The Bertz CT molecular complexity index is 813. The van der Waals surface area contributed by atoms with E-state index in [9.17, 15) is 9.90 Å². The van der Waals surface area contributed by atoms with Gasteiger partial charge in [0.1, 0.15) is 6.10 Å². The summed E-state index contributed by atoms with van der Waals surface area (Å²) in [7, 11) is -1.74. The minimum absolute atomic E-state index is 0.206. The van der Waals surface area contributed by atoms with E-state index in [-0.39, 0.29) is 11.0 Å². The van der Waals surface area contributed by atoms with Gasteiger partial charge in [-0.25, -0.2) is 4.98 Å². The average molecular weight is 482 g/mol. The van der Waals surface area contributed by atoms with Crippen LogP contribution in [0.5, 0.6) is 0 Å². The fourth-order valence-corrected chi connectivity index (χ4v) is 5.40. The van der Waals surface area contributed by atoms with E-state index in [2.05, 4.69) is 45.8 Å². The number of cyclic esters (lactones) is 1. The van der Waals surface area contributed by atoms with Gasteiger partial charge in [-0.2, -0.15) is 0 Å². The van der Waals surface area contributed by atoms with Crippen LogP contribution in [0.4, 0.5) is 0 Å². The van der Waals surface area contributed by atoms with Gasteiger partial charge in [0, 0.05) is 18.4 Å². The maximum Gasteiger partial charge on any atom is 0.315 e. The summed E-state index contributed by atoms with van der Waals surface area (Å²) in [4.78, 5) is 17.3. The molecule has 0 aromatic carbocycles. The first-order valence-electron chi connectivity index (χ1n) is 11.8. The Balaban J connectivity index is 1.88. The van der Waals surface area contributed by atoms with E-state index in [0.717, 1.165) is 35.7 Å². The van der Waals surface area contributed by atoms with E-state index >= 15 is 0 Å². The first-order valence-corrected chi connectivity index (χ1v) is 15.6. The largest absolute Gasteiger partial charge is 0.457 e. The fraction of sp³-hybridized carbons (Fsp3) is 0.760. The molecule has 7 heteroatoms. The number of aliphatic hydroxyl groups is 1. The van der Waals surface area contributed by atoms with Crippen LogP contribution in [0.2, 0.25) is 18.1 Å². The first kappa shape index (κ1) is 27.2. The van der Waals surface area contributed by atoms with Gasteiger partial charge in [-0.1, -0.05) is 34.1 Å². The molecule has 5 nitrogen and oxygen atoms in total. The average Bonchev–Trinajstić information content (AvgIpc) is 3.08. The third kappa shape index (κ3) is 6.75. The van der Waals surface area contributed by atoms with E-state index in [1.807, 2.05) is 32.2 Å². The van der Waals surface area contributed by atoms with Crippen molar-refractivity contribution >= 4 is 31.7 Å². The predicted octanol–water partition coefficient (Wildman–Crippen LogP) is 6.37. The van der Waals surface area contributed by atoms with Crippen LogP contribution >= 0.6 is 11.3 Å². The SMILES string of the molecule is C/C(=C\c1csc(C)n1)[C@@H]1C[C@H](O)[C@](C)(CCC[C@H](C)CO[Si](C)(C)C(C)(C)C)C(=O)O1. The Kier molecular flexibility index (Phi) is 8.93. The van der Waals surface area contributed by atoms with E-state index in [1.165, 1.54) is 0 Å². The zero-order valence-corrected chi connectivity index (χ0v) is 23.3. The highest BCUT2D eigenvalue weighted by molar-refractivity contribution is 7.09. The minimum Gasteiger partial charge on any atom is -0.457 e. The molecule has 0 unspecified atom stereocenters. The summed E-state index contributed by atoms with van der Waals surface area (Å²) >= 11 is 1.59. The lowest BCUT2D eigenvalue weighted by molar-refractivity contribution is -0.180. The highest BCUT2D eigenvalue weighted by Crippen LogP contribution is 2.40. The second-order valence-corrected chi connectivity index (χ2v) is 17.2. The van der Waals surface area contributed by atoms with Gasteiger partial charge in [0.05, 0.1) is 22.2 Å². The molecule has 1 aromatic rings. The maximum atomic E-state index is 12.9. The lowest BCUT2D eigenvalue weighted by Gasteiger charge is -2.40. The van der Waals surface area contributed by atoms with Crippen LogP contribution in [0.15, 0.2) is 11.0 Å². The zero-order chi connectivity index (χ0) is 24.3.